The van der Waals surface area contributed by atoms with Gasteiger partial charge in [-0.05, 0) is 29.8 Å². The average molecular weight is 347 g/mol. The first-order valence-electron chi connectivity index (χ1n) is 7.42. The summed E-state index contributed by atoms with van der Waals surface area (Å²) in [7, 11) is 3.30. The van der Waals surface area contributed by atoms with Crippen molar-refractivity contribution in [3.8, 4) is 5.75 Å². The highest BCUT2D eigenvalue weighted by atomic mass is 35.5. The third kappa shape index (κ3) is 4.99. The second-order valence-electron chi connectivity index (χ2n) is 5.38. The van der Waals surface area contributed by atoms with E-state index in [1.165, 1.54) is 4.90 Å². The first-order valence-corrected chi connectivity index (χ1v) is 7.80. The summed E-state index contributed by atoms with van der Waals surface area (Å²) >= 11 is 5.84. The molecule has 5 nitrogen and oxygen atoms in total. The number of benzene rings is 2. The van der Waals surface area contributed by atoms with E-state index < -0.39 is 0 Å². The lowest BCUT2D eigenvalue weighted by atomic mass is 10.1. The summed E-state index contributed by atoms with van der Waals surface area (Å²) in [6.07, 6.45) is 0. The number of likely N-dealkylation sites (N-methyl/N-ethyl adjacent to an activating group) is 1. The van der Waals surface area contributed by atoms with Gasteiger partial charge in [-0.15, -0.1) is 0 Å². The fourth-order valence-electron chi connectivity index (χ4n) is 1.93. The van der Waals surface area contributed by atoms with Gasteiger partial charge >= 0.3 is 0 Å². The van der Waals surface area contributed by atoms with Gasteiger partial charge < -0.3 is 15.0 Å². The van der Waals surface area contributed by atoms with Crippen LogP contribution >= 0.6 is 11.6 Å². The van der Waals surface area contributed by atoms with Gasteiger partial charge in [0, 0.05) is 25.7 Å². The summed E-state index contributed by atoms with van der Waals surface area (Å²) in [5, 5.41) is 3.48. The molecule has 1 N–H and O–H groups in total. The smallest absolute Gasteiger partial charge is 0.259 e. The van der Waals surface area contributed by atoms with Crippen LogP contribution in [0.3, 0.4) is 0 Å². The number of carbonyl (C=O) groups excluding carboxylic acids is 2. The Morgan fingerprint density at radius 2 is 1.75 bits per heavy atom. The summed E-state index contributed by atoms with van der Waals surface area (Å²) in [4.78, 5) is 25.4. The molecule has 0 aromatic heterocycles. The molecule has 0 bridgehead atoms. The molecule has 24 heavy (non-hydrogen) atoms. The lowest BCUT2D eigenvalue weighted by Crippen LogP contribution is -2.28. The average Bonchev–Trinajstić information content (AvgIpc) is 2.59. The second-order valence-corrected chi connectivity index (χ2v) is 5.82. The Labute approximate surface area is 146 Å². The molecule has 0 spiro atoms. The Hall–Kier alpha value is -2.53. The Kier molecular flexibility index (Phi) is 6.21. The van der Waals surface area contributed by atoms with Gasteiger partial charge in [0.05, 0.1) is 5.56 Å². The van der Waals surface area contributed by atoms with E-state index in [1.54, 1.807) is 50.5 Å². The number of nitrogens with one attached hydrogen (secondary N) is 1. The van der Waals surface area contributed by atoms with Gasteiger partial charge in [-0.1, -0.05) is 35.9 Å². The van der Waals surface area contributed by atoms with Gasteiger partial charge in [0.25, 0.3) is 11.8 Å². The fraction of sp³-hybridized carbons (Fsp3) is 0.222. The highest BCUT2D eigenvalue weighted by Gasteiger charge is 2.13. The molecule has 0 saturated heterocycles. The minimum atomic E-state index is -0.266. The quantitative estimate of drug-likeness (QED) is 0.875. The van der Waals surface area contributed by atoms with Crippen LogP contribution in [0.4, 0.5) is 0 Å². The van der Waals surface area contributed by atoms with Crippen molar-refractivity contribution in [3.05, 3.63) is 64.7 Å². The van der Waals surface area contributed by atoms with Gasteiger partial charge in [0.1, 0.15) is 5.75 Å². The summed E-state index contributed by atoms with van der Waals surface area (Å²) in [5.74, 6) is -0.0643. The molecule has 0 heterocycles. The number of amides is 2. The predicted molar refractivity (Wildman–Crippen MR) is 93.3 cm³/mol. The zero-order chi connectivity index (χ0) is 17.5. The third-order valence-corrected chi connectivity index (χ3v) is 3.60. The van der Waals surface area contributed by atoms with Crippen molar-refractivity contribution in [1.29, 1.82) is 0 Å². The van der Waals surface area contributed by atoms with Crippen molar-refractivity contribution in [2.75, 3.05) is 20.7 Å². The van der Waals surface area contributed by atoms with Crippen LogP contribution in [0.25, 0.3) is 0 Å². The second kappa shape index (κ2) is 8.36. The molecule has 2 rings (SSSR count). The highest BCUT2D eigenvalue weighted by molar-refractivity contribution is 6.30. The molecule has 0 saturated carbocycles. The number of ether oxygens (including phenoxy) is 1. The SMILES string of the molecule is CN(C)C(=O)COc1ccccc1C(=O)NCc1ccc(Cl)cc1. The molecule has 6 heteroatoms. The standard InChI is InChI=1S/C18H19ClN2O3/c1-21(2)17(22)12-24-16-6-4-3-5-15(16)18(23)20-11-13-7-9-14(19)10-8-13/h3-10H,11-12H2,1-2H3,(H,20,23). The lowest BCUT2D eigenvalue weighted by molar-refractivity contribution is -0.130. The summed E-state index contributed by atoms with van der Waals surface area (Å²) < 4.78 is 5.48. The van der Waals surface area contributed by atoms with Gasteiger partial charge in [-0.3, -0.25) is 9.59 Å². The monoisotopic (exact) mass is 346 g/mol. The number of para-hydroxylation sites is 1. The van der Waals surface area contributed by atoms with Crippen molar-refractivity contribution in [2.24, 2.45) is 0 Å². The van der Waals surface area contributed by atoms with Gasteiger partial charge in [0.2, 0.25) is 0 Å². The van der Waals surface area contributed by atoms with Crippen molar-refractivity contribution < 1.29 is 14.3 Å². The Morgan fingerprint density at radius 3 is 2.42 bits per heavy atom. The molecule has 0 unspecified atom stereocenters. The third-order valence-electron chi connectivity index (χ3n) is 3.35. The molecular formula is C18H19ClN2O3. The van der Waals surface area contributed by atoms with E-state index in [4.69, 9.17) is 16.3 Å². The van der Waals surface area contributed by atoms with E-state index >= 15 is 0 Å². The largest absolute Gasteiger partial charge is 0.483 e. The zero-order valence-electron chi connectivity index (χ0n) is 13.6. The fourth-order valence-corrected chi connectivity index (χ4v) is 2.05. The van der Waals surface area contributed by atoms with Crippen LogP contribution in [0.15, 0.2) is 48.5 Å². The van der Waals surface area contributed by atoms with E-state index in [2.05, 4.69) is 5.32 Å². The van der Waals surface area contributed by atoms with E-state index in [0.717, 1.165) is 5.56 Å². The summed E-state index contributed by atoms with van der Waals surface area (Å²) in [6.45, 7) is 0.259. The minimum Gasteiger partial charge on any atom is -0.483 e. The number of carbonyl (C=O) groups is 2. The summed E-state index contributed by atoms with van der Waals surface area (Å²) in [5.41, 5.74) is 1.33. The molecule has 2 amide bonds. The van der Waals surface area contributed by atoms with Crippen LogP contribution in [0.5, 0.6) is 5.75 Å². The Bertz CT molecular complexity index is 714. The molecule has 126 valence electrons. The normalized spacial score (nSPS) is 10.1. The predicted octanol–water partition coefficient (Wildman–Crippen LogP) is 2.74. The number of hydrogen-bond acceptors (Lipinski definition) is 3. The van der Waals surface area contributed by atoms with E-state index in [-0.39, 0.29) is 18.4 Å². The van der Waals surface area contributed by atoms with Gasteiger partial charge in [-0.25, -0.2) is 0 Å². The molecule has 0 aliphatic heterocycles. The number of hydrogen-bond donors (Lipinski definition) is 1. The number of nitrogens with zero attached hydrogens (tertiary/aromatic N) is 1. The lowest BCUT2D eigenvalue weighted by Gasteiger charge is -2.14. The van der Waals surface area contributed by atoms with Gasteiger partial charge in [-0.2, -0.15) is 0 Å². The van der Waals surface area contributed by atoms with Crippen LogP contribution in [0.1, 0.15) is 15.9 Å². The van der Waals surface area contributed by atoms with Crippen molar-refractivity contribution in [1.82, 2.24) is 10.2 Å². The molecule has 0 aliphatic carbocycles. The molecule has 0 fully saturated rings. The Balaban J connectivity index is 2.01. The maximum Gasteiger partial charge on any atom is 0.259 e. The molecule has 2 aromatic carbocycles. The van der Waals surface area contributed by atoms with Crippen LogP contribution < -0.4 is 10.1 Å². The van der Waals surface area contributed by atoms with Crippen LogP contribution in [0, 0.1) is 0 Å². The zero-order valence-corrected chi connectivity index (χ0v) is 14.3. The molecule has 0 aliphatic rings. The molecular weight excluding hydrogens is 328 g/mol. The topological polar surface area (TPSA) is 58.6 Å². The van der Waals surface area contributed by atoms with E-state index in [1.807, 2.05) is 12.1 Å². The summed E-state index contributed by atoms with van der Waals surface area (Å²) in [6, 6.07) is 14.1. The van der Waals surface area contributed by atoms with Crippen molar-refractivity contribution >= 4 is 23.4 Å². The first-order chi connectivity index (χ1) is 11.5. The van der Waals surface area contributed by atoms with Crippen molar-refractivity contribution in [2.45, 2.75) is 6.54 Å². The van der Waals surface area contributed by atoms with E-state index in [9.17, 15) is 9.59 Å². The molecule has 2 aromatic rings. The minimum absolute atomic E-state index is 0.117. The van der Waals surface area contributed by atoms with E-state index in [0.29, 0.717) is 22.9 Å². The van der Waals surface area contributed by atoms with Crippen molar-refractivity contribution in [3.63, 3.8) is 0 Å². The first kappa shape index (κ1) is 17.8. The maximum atomic E-state index is 12.4. The molecule has 0 radical (unpaired) electrons. The van der Waals surface area contributed by atoms with Gasteiger partial charge in [0.15, 0.2) is 6.61 Å². The van der Waals surface area contributed by atoms with Crippen LogP contribution in [0.2, 0.25) is 5.02 Å². The van der Waals surface area contributed by atoms with Crippen LogP contribution in [-0.2, 0) is 11.3 Å². The number of halogens is 1. The highest BCUT2D eigenvalue weighted by Crippen LogP contribution is 2.18. The number of rotatable bonds is 6. The maximum absolute atomic E-state index is 12.4. The molecule has 0 atom stereocenters. The Morgan fingerprint density at radius 1 is 1.08 bits per heavy atom. The van der Waals surface area contributed by atoms with Crippen LogP contribution in [-0.4, -0.2) is 37.4 Å².